The Bertz CT molecular complexity index is 503. The highest BCUT2D eigenvalue weighted by atomic mass is 16.5. The highest BCUT2D eigenvalue weighted by Gasteiger charge is 2.24. The summed E-state index contributed by atoms with van der Waals surface area (Å²) < 4.78 is 5.17. The Morgan fingerprint density at radius 2 is 1.82 bits per heavy atom. The molecule has 3 unspecified atom stereocenters. The Hall–Kier alpha value is -1.56. The molecule has 3 nitrogen and oxygen atoms in total. The molecule has 0 bridgehead atoms. The van der Waals surface area contributed by atoms with Gasteiger partial charge in [0.1, 0.15) is 0 Å². The quantitative estimate of drug-likeness (QED) is 0.170. The summed E-state index contributed by atoms with van der Waals surface area (Å²) in [7, 11) is 0. The Kier molecular flexibility index (Phi) is 14.3. The lowest BCUT2D eigenvalue weighted by Gasteiger charge is -2.25. The van der Waals surface area contributed by atoms with Crippen molar-refractivity contribution in [1.29, 1.82) is 5.26 Å². The molecule has 0 aromatic rings. The fraction of sp³-hybridized carbons (Fsp3) is 0.760. The molecule has 1 aliphatic rings. The van der Waals surface area contributed by atoms with Crippen molar-refractivity contribution in [3.05, 3.63) is 24.3 Å². The van der Waals surface area contributed by atoms with Gasteiger partial charge in [0.15, 0.2) is 0 Å². The maximum atomic E-state index is 11.5. The van der Waals surface area contributed by atoms with Gasteiger partial charge in [-0.15, -0.1) is 0 Å². The summed E-state index contributed by atoms with van der Waals surface area (Å²) in [6.07, 6.45) is 23.1. The fourth-order valence-corrected chi connectivity index (χ4v) is 3.72. The molecule has 0 heterocycles. The number of carbonyl (C=O) groups is 1. The number of hydrogen-bond donors (Lipinski definition) is 0. The molecule has 3 heteroatoms. The van der Waals surface area contributed by atoms with Crippen LogP contribution in [0.4, 0.5) is 0 Å². The molecule has 1 rings (SSSR count). The van der Waals surface area contributed by atoms with E-state index in [0.717, 1.165) is 38.5 Å². The molecule has 28 heavy (non-hydrogen) atoms. The van der Waals surface area contributed by atoms with E-state index in [2.05, 4.69) is 44.2 Å². The highest BCUT2D eigenvalue weighted by Crippen LogP contribution is 2.31. The van der Waals surface area contributed by atoms with E-state index in [0.29, 0.717) is 24.9 Å². The minimum Gasteiger partial charge on any atom is -0.466 e. The Morgan fingerprint density at radius 1 is 1.07 bits per heavy atom. The number of unbranched alkanes of at least 4 members (excludes halogenated alkanes) is 7. The summed E-state index contributed by atoms with van der Waals surface area (Å²) >= 11 is 0. The van der Waals surface area contributed by atoms with Gasteiger partial charge in [-0.1, -0.05) is 76.7 Å². The number of rotatable bonds is 15. The number of nitriles is 1. The lowest BCUT2D eigenvalue weighted by molar-refractivity contribution is -0.143. The van der Waals surface area contributed by atoms with Gasteiger partial charge in [0.2, 0.25) is 0 Å². The second-order valence-corrected chi connectivity index (χ2v) is 8.14. The molecule has 1 aliphatic carbocycles. The number of hydrogen-bond acceptors (Lipinski definition) is 3. The summed E-state index contributed by atoms with van der Waals surface area (Å²) in [5, 5.41) is 9.48. The molecule has 0 fully saturated rings. The van der Waals surface area contributed by atoms with Gasteiger partial charge in [0, 0.05) is 12.3 Å². The molecule has 0 saturated carbocycles. The SMILES string of the molecule is CCCCOC(=O)CCCCCCCC=CC1C=CC(CCCC)CC1C#N. The van der Waals surface area contributed by atoms with E-state index in [4.69, 9.17) is 4.74 Å². The molecule has 0 radical (unpaired) electrons. The predicted octanol–water partition coefficient (Wildman–Crippen LogP) is 7.14. The lowest BCUT2D eigenvalue weighted by atomic mass is 9.78. The summed E-state index contributed by atoms with van der Waals surface area (Å²) in [6, 6.07) is 2.52. The van der Waals surface area contributed by atoms with Crippen molar-refractivity contribution in [2.24, 2.45) is 17.8 Å². The van der Waals surface area contributed by atoms with Crippen molar-refractivity contribution >= 4 is 5.97 Å². The number of nitrogens with zero attached hydrogens (tertiary/aromatic N) is 1. The van der Waals surface area contributed by atoms with Crippen LogP contribution in [0.1, 0.15) is 97.3 Å². The first-order chi connectivity index (χ1) is 13.7. The normalized spacial score (nSPS) is 21.7. The minimum atomic E-state index is -0.0408. The van der Waals surface area contributed by atoms with E-state index >= 15 is 0 Å². The Morgan fingerprint density at radius 3 is 2.57 bits per heavy atom. The molecule has 0 spiro atoms. The standard InChI is InChI=1S/C25H41NO2/c1-3-5-14-22-17-18-23(24(20-22)21-26)15-12-10-8-7-9-11-13-16-25(27)28-19-6-4-2/h12,15,17-18,22-24H,3-11,13-14,16,19-20H2,1-2H3. The topological polar surface area (TPSA) is 50.1 Å². The van der Waals surface area contributed by atoms with Gasteiger partial charge >= 0.3 is 5.97 Å². The van der Waals surface area contributed by atoms with Crippen LogP contribution in [0.15, 0.2) is 24.3 Å². The van der Waals surface area contributed by atoms with E-state index in [9.17, 15) is 10.1 Å². The number of carbonyl (C=O) groups excluding carboxylic acids is 1. The first kappa shape index (κ1) is 24.5. The van der Waals surface area contributed by atoms with Gasteiger partial charge in [0.25, 0.3) is 0 Å². The molecule has 0 aliphatic heterocycles. The van der Waals surface area contributed by atoms with Crippen molar-refractivity contribution in [3.63, 3.8) is 0 Å². The second kappa shape index (κ2) is 16.4. The third-order valence-electron chi connectivity index (χ3n) is 5.59. The van der Waals surface area contributed by atoms with Crippen molar-refractivity contribution in [2.75, 3.05) is 6.61 Å². The van der Waals surface area contributed by atoms with E-state index in [1.165, 1.54) is 38.5 Å². The predicted molar refractivity (Wildman–Crippen MR) is 117 cm³/mol. The van der Waals surface area contributed by atoms with Gasteiger partial charge in [-0.3, -0.25) is 4.79 Å². The highest BCUT2D eigenvalue weighted by molar-refractivity contribution is 5.69. The van der Waals surface area contributed by atoms with Crippen LogP contribution in [0.25, 0.3) is 0 Å². The van der Waals surface area contributed by atoms with E-state index in [1.54, 1.807) is 0 Å². The third kappa shape index (κ3) is 11.3. The van der Waals surface area contributed by atoms with Gasteiger partial charge in [-0.25, -0.2) is 0 Å². The van der Waals surface area contributed by atoms with Crippen molar-refractivity contribution in [1.82, 2.24) is 0 Å². The zero-order valence-corrected chi connectivity index (χ0v) is 18.2. The molecule has 0 N–H and O–H groups in total. The molecule has 158 valence electrons. The van der Waals surface area contributed by atoms with Gasteiger partial charge in [0.05, 0.1) is 18.6 Å². The van der Waals surface area contributed by atoms with Crippen molar-refractivity contribution in [3.8, 4) is 6.07 Å². The van der Waals surface area contributed by atoms with Crippen molar-refractivity contribution < 1.29 is 9.53 Å². The maximum Gasteiger partial charge on any atom is 0.305 e. The molecule has 0 saturated heterocycles. The van der Waals surface area contributed by atoms with Crippen LogP contribution in [0, 0.1) is 29.1 Å². The average Bonchev–Trinajstić information content (AvgIpc) is 2.71. The van der Waals surface area contributed by atoms with Crippen LogP contribution in [-0.4, -0.2) is 12.6 Å². The molecule has 0 aromatic heterocycles. The first-order valence-electron chi connectivity index (χ1n) is 11.6. The monoisotopic (exact) mass is 387 g/mol. The van der Waals surface area contributed by atoms with E-state index in [-0.39, 0.29) is 11.9 Å². The van der Waals surface area contributed by atoms with Crippen LogP contribution in [0.5, 0.6) is 0 Å². The number of ether oxygens (including phenoxy) is 1. The van der Waals surface area contributed by atoms with Crippen LogP contribution >= 0.6 is 0 Å². The zero-order chi connectivity index (χ0) is 20.5. The number of esters is 1. The zero-order valence-electron chi connectivity index (χ0n) is 18.2. The Labute approximate surface area is 173 Å². The fourth-order valence-electron chi connectivity index (χ4n) is 3.72. The van der Waals surface area contributed by atoms with Crippen LogP contribution in [0.2, 0.25) is 0 Å². The van der Waals surface area contributed by atoms with Gasteiger partial charge < -0.3 is 4.74 Å². The molecular formula is C25H41NO2. The molecule has 0 aromatic carbocycles. The summed E-state index contributed by atoms with van der Waals surface area (Å²) in [5.74, 6) is 0.987. The minimum absolute atomic E-state index is 0.0408. The smallest absolute Gasteiger partial charge is 0.305 e. The molecule has 0 amide bonds. The number of allylic oxidation sites excluding steroid dienone is 4. The Balaban J connectivity index is 2.08. The summed E-state index contributed by atoms with van der Waals surface area (Å²) in [6.45, 7) is 4.90. The molecular weight excluding hydrogens is 346 g/mol. The average molecular weight is 388 g/mol. The van der Waals surface area contributed by atoms with E-state index < -0.39 is 0 Å². The van der Waals surface area contributed by atoms with E-state index in [1.807, 2.05) is 0 Å². The lowest BCUT2D eigenvalue weighted by Crippen LogP contribution is -2.18. The summed E-state index contributed by atoms with van der Waals surface area (Å²) in [5.41, 5.74) is 0. The van der Waals surface area contributed by atoms with Gasteiger partial charge in [-0.2, -0.15) is 5.26 Å². The van der Waals surface area contributed by atoms with Crippen LogP contribution in [0.3, 0.4) is 0 Å². The first-order valence-corrected chi connectivity index (χ1v) is 11.6. The summed E-state index contributed by atoms with van der Waals surface area (Å²) in [4.78, 5) is 11.5. The van der Waals surface area contributed by atoms with Crippen LogP contribution in [-0.2, 0) is 9.53 Å². The molecule has 3 atom stereocenters. The largest absolute Gasteiger partial charge is 0.466 e. The maximum absolute atomic E-state index is 11.5. The third-order valence-corrected chi connectivity index (χ3v) is 5.59. The second-order valence-electron chi connectivity index (χ2n) is 8.14. The van der Waals surface area contributed by atoms with Crippen LogP contribution < -0.4 is 0 Å². The van der Waals surface area contributed by atoms with Gasteiger partial charge in [-0.05, 0) is 44.4 Å². The van der Waals surface area contributed by atoms with Crippen molar-refractivity contribution in [2.45, 2.75) is 97.3 Å².